The highest BCUT2D eigenvalue weighted by Gasteiger charge is 2.25. The van der Waals surface area contributed by atoms with E-state index in [-0.39, 0.29) is 12.1 Å². The van der Waals surface area contributed by atoms with Crippen molar-refractivity contribution in [3.05, 3.63) is 22.4 Å². The fourth-order valence-corrected chi connectivity index (χ4v) is 3.36. The molecule has 7 heteroatoms. The molecule has 1 aromatic rings. The molecule has 0 aromatic carbocycles. The van der Waals surface area contributed by atoms with Crippen LogP contribution in [0.2, 0.25) is 0 Å². The van der Waals surface area contributed by atoms with E-state index in [2.05, 4.69) is 38.9 Å². The van der Waals surface area contributed by atoms with Crippen molar-refractivity contribution < 1.29 is 9.59 Å². The van der Waals surface area contributed by atoms with Crippen molar-refractivity contribution in [3.63, 3.8) is 0 Å². The van der Waals surface area contributed by atoms with Crippen LogP contribution in [0.15, 0.2) is 16.8 Å². The van der Waals surface area contributed by atoms with E-state index in [1.165, 1.54) is 5.56 Å². The van der Waals surface area contributed by atoms with E-state index < -0.39 is 11.8 Å². The maximum Gasteiger partial charge on any atom is 0.309 e. The second-order valence-corrected chi connectivity index (χ2v) is 7.03. The molecule has 6 nitrogen and oxygen atoms in total. The highest BCUT2D eigenvalue weighted by atomic mass is 32.1. The van der Waals surface area contributed by atoms with Crippen molar-refractivity contribution >= 4 is 23.2 Å². The third kappa shape index (κ3) is 5.30. The molecule has 0 spiro atoms. The molecule has 1 saturated heterocycles. The van der Waals surface area contributed by atoms with Gasteiger partial charge in [-0.1, -0.05) is 0 Å². The number of piperazine rings is 1. The van der Waals surface area contributed by atoms with Gasteiger partial charge < -0.3 is 15.5 Å². The molecule has 1 fully saturated rings. The van der Waals surface area contributed by atoms with Crippen molar-refractivity contribution in [2.75, 3.05) is 39.8 Å². The summed E-state index contributed by atoms with van der Waals surface area (Å²) in [5.74, 6) is -1.13. The van der Waals surface area contributed by atoms with Gasteiger partial charge in [0.2, 0.25) is 0 Å². The van der Waals surface area contributed by atoms with E-state index >= 15 is 0 Å². The summed E-state index contributed by atoms with van der Waals surface area (Å²) < 4.78 is 0. The summed E-state index contributed by atoms with van der Waals surface area (Å²) in [6.07, 6.45) is 0. The number of hydrogen-bond acceptors (Lipinski definition) is 5. The van der Waals surface area contributed by atoms with E-state index in [9.17, 15) is 9.59 Å². The largest absolute Gasteiger partial charge is 0.346 e. The molecule has 1 atom stereocenters. The zero-order valence-electron chi connectivity index (χ0n) is 14.0. The Morgan fingerprint density at radius 2 is 1.91 bits per heavy atom. The second kappa shape index (κ2) is 8.42. The summed E-state index contributed by atoms with van der Waals surface area (Å²) in [5.41, 5.74) is 1.20. The topological polar surface area (TPSA) is 64.7 Å². The van der Waals surface area contributed by atoms with Crippen molar-refractivity contribution in [2.24, 2.45) is 0 Å². The van der Waals surface area contributed by atoms with Crippen LogP contribution in [0, 0.1) is 0 Å². The van der Waals surface area contributed by atoms with E-state index in [1.54, 1.807) is 11.3 Å². The summed E-state index contributed by atoms with van der Waals surface area (Å²) in [6.45, 7) is 8.08. The zero-order chi connectivity index (χ0) is 16.8. The predicted octanol–water partition coefficient (Wildman–Crippen LogP) is 0.677. The maximum absolute atomic E-state index is 11.9. The third-order valence-electron chi connectivity index (χ3n) is 3.99. The van der Waals surface area contributed by atoms with Gasteiger partial charge in [-0.2, -0.15) is 11.3 Å². The Hall–Kier alpha value is -1.44. The van der Waals surface area contributed by atoms with Crippen molar-refractivity contribution in [1.29, 1.82) is 0 Å². The Morgan fingerprint density at radius 1 is 1.22 bits per heavy atom. The predicted molar refractivity (Wildman–Crippen MR) is 92.4 cm³/mol. The highest BCUT2D eigenvalue weighted by Crippen LogP contribution is 2.23. The van der Waals surface area contributed by atoms with E-state index in [4.69, 9.17) is 0 Å². The molecule has 0 unspecified atom stereocenters. The van der Waals surface area contributed by atoms with Gasteiger partial charge in [0.15, 0.2) is 0 Å². The summed E-state index contributed by atoms with van der Waals surface area (Å²) >= 11 is 1.65. The van der Waals surface area contributed by atoms with Crippen molar-refractivity contribution in [3.8, 4) is 0 Å². The van der Waals surface area contributed by atoms with Crippen molar-refractivity contribution in [1.82, 2.24) is 20.4 Å². The maximum atomic E-state index is 11.9. The number of nitrogens with zero attached hydrogens (tertiary/aromatic N) is 2. The van der Waals surface area contributed by atoms with Crippen LogP contribution in [0.1, 0.15) is 25.5 Å². The minimum Gasteiger partial charge on any atom is -0.346 e. The van der Waals surface area contributed by atoms with Gasteiger partial charge >= 0.3 is 11.8 Å². The van der Waals surface area contributed by atoms with E-state index in [0.717, 1.165) is 26.2 Å². The number of likely N-dealkylation sites (N-methyl/N-ethyl adjacent to an activating group) is 1. The van der Waals surface area contributed by atoms with Gasteiger partial charge in [-0.3, -0.25) is 14.5 Å². The molecular weight excluding hydrogens is 312 g/mol. The summed E-state index contributed by atoms with van der Waals surface area (Å²) in [5, 5.41) is 9.56. The molecule has 1 aliphatic rings. The number of carbonyl (C=O) groups excluding carboxylic acids is 2. The molecule has 128 valence electrons. The average molecular weight is 338 g/mol. The van der Waals surface area contributed by atoms with Gasteiger partial charge in [0.25, 0.3) is 0 Å². The molecule has 23 heavy (non-hydrogen) atoms. The molecule has 0 radical (unpaired) electrons. The van der Waals surface area contributed by atoms with Gasteiger partial charge in [0.05, 0.1) is 6.04 Å². The lowest BCUT2D eigenvalue weighted by molar-refractivity contribution is -0.139. The number of rotatable bonds is 5. The number of carbonyl (C=O) groups is 2. The number of hydrogen-bond donors (Lipinski definition) is 2. The average Bonchev–Trinajstić information content (AvgIpc) is 3.02. The first kappa shape index (κ1) is 17.9. The smallest absolute Gasteiger partial charge is 0.309 e. The van der Waals surface area contributed by atoms with Gasteiger partial charge in [-0.25, -0.2) is 0 Å². The lowest BCUT2D eigenvalue weighted by Crippen LogP contribution is -2.50. The van der Waals surface area contributed by atoms with Gasteiger partial charge in [-0.15, -0.1) is 0 Å². The van der Waals surface area contributed by atoms with Crippen LogP contribution in [0.5, 0.6) is 0 Å². The quantitative estimate of drug-likeness (QED) is 0.775. The Morgan fingerprint density at radius 3 is 2.48 bits per heavy atom. The molecular formula is C16H26N4O2S. The standard InChI is InChI=1S/C16H26N4O2S/c1-12(2)18-16(22)15(21)17-10-14(13-4-9-23-11-13)20-7-5-19(3)6-8-20/h4,9,11-12,14H,5-8,10H2,1-3H3,(H,17,21)(H,18,22)/t14-/m1/s1. The minimum absolute atomic E-state index is 0.0430. The number of thiophene rings is 1. The molecule has 0 saturated carbocycles. The zero-order valence-corrected chi connectivity index (χ0v) is 14.9. The molecule has 1 aromatic heterocycles. The molecule has 1 aliphatic heterocycles. The van der Waals surface area contributed by atoms with Crippen LogP contribution in [0.3, 0.4) is 0 Å². The minimum atomic E-state index is -0.567. The molecule has 2 rings (SSSR count). The molecule has 2 N–H and O–H groups in total. The molecule has 0 aliphatic carbocycles. The van der Waals surface area contributed by atoms with Gasteiger partial charge in [0, 0.05) is 38.8 Å². The fourth-order valence-electron chi connectivity index (χ4n) is 2.65. The number of amides is 2. The normalized spacial score (nSPS) is 17.9. The summed E-state index contributed by atoms with van der Waals surface area (Å²) in [7, 11) is 2.12. The van der Waals surface area contributed by atoms with Crippen molar-refractivity contribution in [2.45, 2.75) is 25.9 Å². The summed E-state index contributed by atoms with van der Waals surface area (Å²) in [6, 6.07) is 2.16. The first-order valence-corrected chi connectivity index (χ1v) is 8.95. The van der Waals surface area contributed by atoms with E-state index in [1.807, 2.05) is 19.2 Å². The van der Waals surface area contributed by atoms with Crippen LogP contribution in [-0.2, 0) is 9.59 Å². The number of nitrogens with one attached hydrogen (secondary N) is 2. The summed E-state index contributed by atoms with van der Waals surface area (Å²) in [4.78, 5) is 28.3. The lowest BCUT2D eigenvalue weighted by atomic mass is 10.1. The lowest BCUT2D eigenvalue weighted by Gasteiger charge is -2.37. The van der Waals surface area contributed by atoms with Gasteiger partial charge in [0.1, 0.15) is 0 Å². The van der Waals surface area contributed by atoms with Crippen LogP contribution >= 0.6 is 11.3 Å². The molecule has 2 heterocycles. The molecule has 0 bridgehead atoms. The molecule has 2 amide bonds. The van der Waals surface area contributed by atoms with Gasteiger partial charge in [-0.05, 0) is 43.3 Å². The van der Waals surface area contributed by atoms with Crippen LogP contribution in [0.4, 0.5) is 0 Å². The van der Waals surface area contributed by atoms with Crippen LogP contribution in [0.25, 0.3) is 0 Å². The fraction of sp³-hybridized carbons (Fsp3) is 0.625. The van der Waals surface area contributed by atoms with Crippen LogP contribution in [-0.4, -0.2) is 67.4 Å². The Labute approximate surface area is 141 Å². The first-order chi connectivity index (χ1) is 11.0. The van der Waals surface area contributed by atoms with Crippen LogP contribution < -0.4 is 10.6 Å². The highest BCUT2D eigenvalue weighted by molar-refractivity contribution is 7.07. The monoisotopic (exact) mass is 338 g/mol. The SMILES string of the molecule is CC(C)NC(=O)C(=O)NC[C@H](c1ccsc1)N1CCN(C)CC1. The van der Waals surface area contributed by atoms with E-state index in [0.29, 0.717) is 6.54 Å². The first-order valence-electron chi connectivity index (χ1n) is 8.00. The second-order valence-electron chi connectivity index (χ2n) is 6.25. The Kier molecular flexibility index (Phi) is 6.56. The Balaban J connectivity index is 1.96. The third-order valence-corrected chi connectivity index (χ3v) is 4.69. The Bertz CT molecular complexity index is 510.